The Hall–Kier alpha value is -6.21. The molecule has 59 heavy (non-hydrogen) atoms. The second-order valence-corrected chi connectivity index (χ2v) is 14.8. The van der Waals surface area contributed by atoms with Crippen molar-refractivity contribution in [1.82, 2.24) is 36.1 Å². The van der Waals surface area contributed by atoms with Crippen LogP contribution in [-0.4, -0.2) is 107 Å². The Morgan fingerprint density at radius 2 is 1.54 bits per heavy atom. The van der Waals surface area contributed by atoms with Crippen molar-refractivity contribution in [2.75, 3.05) is 39.3 Å². The molecule has 0 spiro atoms. The topological polar surface area (TPSA) is 260 Å². The normalized spacial score (nSPS) is 12.7. The Labute approximate surface area is 340 Å². The quantitative estimate of drug-likeness (QED) is 0.0716. The van der Waals surface area contributed by atoms with Crippen molar-refractivity contribution in [2.24, 2.45) is 16.9 Å². The molecule has 3 aromatic rings. The van der Waals surface area contributed by atoms with Gasteiger partial charge in [0.25, 0.3) is 0 Å². The largest absolute Gasteiger partial charge is 0.387 e. The van der Waals surface area contributed by atoms with Gasteiger partial charge in [0.15, 0.2) is 0 Å². The second-order valence-electron chi connectivity index (χ2n) is 14.8. The highest BCUT2D eigenvalue weighted by atomic mass is 19.1. The average molecular weight is 826 g/mol. The van der Waals surface area contributed by atoms with Crippen LogP contribution in [0.2, 0.25) is 0 Å². The first-order valence-corrected chi connectivity index (χ1v) is 18.8. The van der Waals surface area contributed by atoms with Crippen LogP contribution < -0.4 is 38.1 Å². The molecule has 2 aromatic carbocycles. The van der Waals surface area contributed by atoms with Gasteiger partial charge in [0.1, 0.15) is 30.3 Å². The average Bonchev–Trinajstić information content (AvgIpc) is 3.58. The number of aliphatic hydroxyl groups excluding tert-OH is 1. The van der Waals surface area contributed by atoms with Crippen LogP contribution in [0, 0.1) is 17.0 Å². The third-order valence-electron chi connectivity index (χ3n) is 8.97. The van der Waals surface area contributed by atoms with Crippen LogP contribution in [0.15, 0.2) is 60.8 Å². The number of amides is 7. The maximum Gasteiger partial charge on any atom is 0.248 e. The van der Waals surface area contributed by atoms with E-state index in [1.807, 2.05) is 51.1 Å². The van der Waals surface area contributed by atoms with Gasteiger partial charge in [-0.15, -0.1) is 0 Å². The summed E-state index contributed by atoms with van der Waals surface area (Å²) in [6.07, 6.45) is 0.690. The van der Waals surface area contributed by atoms with Crippen LogP contribution in [0.4, 0.5) is 8.78 Å². The van der Waals surface area contributed by atoms with Gasteiger partial charge in [-0.1, -0.05) is 51.1 Å². The molecule has 320 valence electrons. The summed E-state index contributed by atoms with van der Waals surface area (Å²) < 4.78 is 31.4. The van der Waals surface area contributed by atoms with Gasteiger partial charge in [-0.05, 0) is 41.7 Å². The molecule has 0 fully saturated rings. The van der Waals surface area contributed by atoms with E-state index in [2.05, 4.69) is 26.6 Å². The number of aliphatic hydroxyl groups is 1. The molecule has 3 rings (SSSR count). The van der Waals surface area contributed by atoms with Crippen molar-refractivity contribution in [3.05, 3.63) is 83.7 Å². The molecule has 0 bridgehead atoms. The Morgan fingerprint density at radius 1 is 0.864 bits per heavy atom. The summed E-state index contributed by atoms with van der Waals surface area (Å²) in [5.74, 6) is -6.86. The third kappa shape index (κ3) is 14.6. The van der Waals surface area contributed by atoms with Crippen LogP contribution >= 0.6 is 0 Å². The number of nitrogens with two attached hydrogens (primary N) is 2. The molecule has 0 saturated carbocycles. The number of nitrogens with zero attached hydrogens (tertiary/aromatic N) is 2. The van der Waals surface area contributed by atoms with E-state index in [1.54, 1.807) is 16.8 Å². The van der Waals surface area contributed by atoms with Gasteiger partial charge in [0, 0.05) is 56.1 Å². The lowest BCUT2D eigenvalue weighted by Gasteiger charge is -2.41. The Kier molecular flexibility index (Phi) is 17.6. The summed E-state index contributed by atoms with van der Waals surface area (Å²) >= 11 is 0. The molecule has 1 heterocycles. The number of benzene rings is 2. The first-order valence-electron chi connectivity index (χ1n) is 18.8. The minimum atomic E-state index is -1.60. The van der Waals surface area contributed by atoms with Gasteiger partial charge in [-0.3, -0.25) is 33.6 Å². The monoisotopic (exact) mass is 825 g/mol. The van der Waals surface area contributed by atoms with Crippen molar-refractivity contribution in [3.8, 4) is 11.1 Å². The molecule has 0 aliphatic carbocycles. The highest BCUT2D eigenvalue weighted by molar-refractivity contribution is 5.95. The zero-order valence-corrected chi connectivity index (χ0v) is 33.5. The van der Waals surface area contributed by atoms with Crippen molar-refractivity contribution >= 4 is 41.4 Å². The van der Waals surface area contributed by atoms with Crippen molar-refractivity contribution in [2.45, 2.75) is 65.2 Å². The number of halogens is 2. The number of primary amides is 1. The van der Waals surface area contributed by atoms with E-state index in [0.717, 1.165) is 23.8 Å². The molecular formula is C40H53F2N9O8. The van der Waals surface area contributed by atoms with E-state index in [-0.39, 0.29) is 38.2 Å². The lowest BCUT2D eigenvalue weighted by atomic mass is 9.82. The molecule has 0 radical (unpaired) electrons. The maximum atomic E-state index is 15.2. The van der Waals surface area contributed by atoms with E-state index in [9.17, 15) is 43.1 Å². The minimum absolute atomic E-state index is 0.00115. The molecule has 3 unspecified atom stereocenters. The summed E-state index contributed by atoms with van der Waals surface area (Å²) in [6, 6.07) is 10.1. The standard InChI is InChI=1S/C40H53F2N9O8/c1-24(53)46-19-34(55)47-20-35(56)48-31(18-33(44)54)39(59)49-30(38(58)45-14-13-43)12-15-51(36(57)23-52)37(40(2,3)4)32-16-26(28-17-27(41)10-11-29(28)42)22-50(32)21-25-8-6-5-7-9-25/h5-11,16-17,22,30-31,37,52H,12-15,18-21,23,43H2,1-4H3,(H2,44,54)(H,45,58)(H,46,53)(H,47,55)(H,48,56)(H,49,59). The molecule has 10 N–H and O–H groups in total. The fourth-order valence-electron chi connectivity index (χ4n) is 6.33. The molecule has 1 aromatic heterocycles. The predicted molar refractivity (Wildman–Crippen MR) is 212 cm³/mol. The van der Waals surface area contributed by atoms with Gasteiger partial charge in [0.2, 0.25) is 41.4 Å². The van der Waals surface area contributed by atoms with E-state index in [1.165, 1.54) is 11.8 Å². The molecule has 3 atom stereocenters. The summed E-state index contributed by atoms with van der Waals surface area (Å²) in [5, 5.41) is 22.2. The van der Waals surface area contributed by atoms with E-state index in [0.29, 0.717) is 11.3 Å². The number of aromatic nitrogens is 1. The lowest BCUT2D eigenvalue weighted by molar-refractivity contribution is -0.140. The fourth-order valence-corrected chi connectivity index (χ4v) is 6.33. The Bertz CT molecular complexity index is 1970. The summed E-state index contributed by atoms with van der Waals surface area (Å²) in [5.41, 5.74) is 11.8. The molecule has 17 nitrogen and oxygen atoms in total. The van der Waals surface area contributed by atoms with Crippen molar-refractivity contribution in [3.63, 3.8) is 0 Å². The fraction of sp³-hybridized carbons (Fsp3) is 0.425. The summed E-state index contributed by atoms with van der Waals surface area (Å²) in [7, 11) is 0. The smallest absolute Gasteiger partial charge is 0.248 e. The van der Waals surface area contributed by atoms with Crippen LogP contribution in [0.3, 0.4) is 0 Å². The molecule has 0 aliphatic rings. The zero-order chi connectivity index (χ0) is 43.9. The molecule has 19 heteroatoms. The van der Waals surface area contributed by atoms with Crippen LogP contribution in [0.5, 0.6) is 0 Å². The first-order chi connectivity index (χ1) is 27.8. The highest BCUT2D eigenvalue weighted by Crippen LogP contribution is 2.41. The number of hydrogen-bond acceptors (Lipinski definition) is 9. The van der Waals surface area contributed by atoms with Gasteiger partial charge in [-0.2, -0.15) is 0 Å². The van der Waals surface area contributed by atoms with Gasteiger partial charge in [-0.25, -0.2) is 8.78 Å². The summed E-state index contributed by atoms with van der Waals surface area (Å²) in [4.78, 5) is 89.9. The molecule has 7 amide bonds. The van der Waals surface area contributed by atoms with E-state index in [4.69, 9.17) is 11.5 Å². The SMILES string of the molecule is CC(=O)NCC(=O)NCC(=O)NC(CC(N)=O)C(=O)NC(CCN(C(=O)CO)C(c1cc(-c2cc(F)ccc2F)cn1Cc1ccccc1)C(C)(C)C)C(=O)NCCN. The number of carbonyl (C=O) groups excluding carboxylic acids is 7. The van der Waals surface area contributed by atoms with Crippen LogP contribution in [-0.2, 0) is 40.1 Å². The van der Waals surface area contributed by atoms with E-state index >= 15 is 4.39 Å². The van der Waals surface area contributed by atoms with E-state index < -0.39 is 103 Å². The van der Waals surface area contributed by atoms with Crippen molar-refractivity contribution < 1.29 is 47.4 Å². The second kappa shape index (κ2) is 22.1. The van der Waals surface area contributed by atoms with Crippen molar-refractivity contribution in [1.29, 1.82) is 0 Å². The number of hydrogen-bond donors (Lipinski definition) is 8. The number of nitrogens with one attached hydrogen (secondary N) is 5. The molecular weight excluding hydrogens is 772 g/mol. The molecule has 0 aliphatic heterocycles. The Balaban J connectivity index is 2.01. The van der Waals surface area contributed by atoms with Gasteiger partial charge < -0.3 is 52.6 Å². The van der Waals surface area contributed by atoms with Gasteiger partial charge >= 0.3 is 0 Å². The molecule has 0 saturated heterocycles. The predicted octanol–water partition coefficient (Wildman–Crippen LogP) is -0.0480. The number of rotatable bonds is 21. The maximum absolute atomic E-state index is 15.2. The highest BCUT2D eigenvalue weighted by Gasteiger charge is 2.38. The lowest BCUT2D eigenvalue weighted by Crippen LogP contribution is -2.56. The van der Waals surface area contributed by atoms with Crippen LogP contribution in [0.25, 0.3) is 11.1 Å². The third-order valence-corrected chi connectivity index (χ3v) is 8.97. The van der Waals surface area contributed by atoms with Gasteiger partial charge in [0.05, 0.1) is 25.6 Å². The summed E-state index contributed by atoms with van der Waals surface area (Å²) in [6.45, 7) is 4.76. The zero-order valence-electron chi connectivity index (χ0n) is 33.5. The Morgan fingerprint density at radius 3 is 2.15 bits per heavy atom. The first kappa shape index (κ1) is 47.2. The number of carbonyl (C=O) groups is 7. The van der Waals surface area contributed by atoms with Crippen LogP contribution in [0.1, 0.15) is 57.8 Å². The minimum Gasteiger partial charge on any atom is -0.387 e.